The van der Waals surface area contributed by atoms with E-state index in [1.165, 1.54) is 61.8 Å². The number of nitrogens with zero attached hydrogens (tertiary/aromatic N) is 11. The summed E-state index contributed by atoms with van der Waals surface area (Å²) in [5.74, 6) is 2.39. The van der Waals surface area contributed by atoms with E-state index in [1.807, 2.05) is 80.0 Å². The predicted octanol–water partition coefficient (Wildman–Crippen LogP) is 15.0. The van der Waals surface area contributed by atoms with E-state index in [1.54, 1.807) is 65.1 Å². The van der Waals surface area contributed by atoms with Gasteiger partial charge < -0.3 is 46.6 Å². The van der Waals surface area contributed by atoms with E-state index in [-0.39, 0.29) is 54.4 Å². The highest BCUT2D eigenvalue weighted by Gasteiger charge is 2.35. The van der Waals surface area contributed by atoms with Crippen LogP contribution in [0.3, 0.4) is 0 Å². The first kappa shape index (κ1) is 78.3. The molecule has 6 amide bonds. The maximum Gasteiger partial charge on any atom is 0.416 e. The molecule has 2 saturated carbocycles. The smallest absolute Gasteiger partial charge is 0.336 e. The highest BCUT2D eigenvalue weighted by atomic mass is 35.5. The number of rotatable bonds is 19. The van der Waals surface area contributed by atoms with Crippen LogP contribution >= 0.6 is 23.2 Å². The van der Waals surface area contributed by atoms with Gasteiger partial charge in [-0.2, -0.15) is 18.3 Å². The van der Waals surface area contributed by atoms with Crippen molar-refractivity contribution in [3.8, 4) is 11.4 Å². The molecule has 2 aromatic heterocycles. The van der Waals surface area contributed by atoms with Crippen LogP contribution in [0.4, 0.5) is 47.7 Å². The van der Waals surface area contributed by atoms with Crippen LogP contribution in [-0.4, -0.2) is 165 Å². The maximum atomic E-state index is 13.3. The molecule has 3 saturated heterocycles. The third-order valence-corrected chi connectivity index (χ3v) is 21.5. The molecule has 5 heterocycles. The fraction of sp³-hybridized carbons (Fsp3) is 0.468. The van der Waals surface area contributed by atoms with Crippen molar-refractivity contribution in [3.63, 3.8) is 0 Å². The zero-order valence-corrected chi connectivity index (χ0v) is 61.7. The minimum absolute atomic E-state index is 0.155. The van der Waals surface area contributed by atoms with E-state index in [9.17, 15) is 36.3 Å². The number of allylic oxidation sites excluding steroid dienone is 1. The lowest BCUT2D eigenvalue weighted by Gasteiger charge is -2.39. The number of aryl methyl sites for hydroxylation is 1. The predicted molar refractivity (Wildman–Crippen MR) is 404 cm³/mol. The van der Waals surface area contributed by atoms with Crippen LogP contribution < -0.4 is 31.9 Å². The van der Waals surface area contributed by atoms with Gasteiger partial charge in [0.2, 0.25) is 5.70 Å². The third kappa shape index (κ3) is 23.4. The molecule has 8 atom stereocenters. The highest BCUT2D eigenvalue weighted by Crippen LogP contribution is 2.34. The fourth-order valence-electron chi connectivity index (χ4n) is 15.6. The molecule has 13 rings (SSSR count). The number of aromatic nitrogens is 6. The molecule has 3 aliphatic heterocycles. The summed E-state index contributed by atoms with van der Waals surface area (Å²) in [6.45, 7) is 17.3. The second kappa shape index (κ2) is 38.2. The van der Waals surface area contributed by atoms with Crippen LogP contribution in [0.1, 0.15) is 112 Å². The van der Waals surface area contributed by atoms with E-state index < -0.39 is 17.8 Å². The number of likely N-dealkylation sites (N-methyl/N-ethyl adjacent to an activating group) is 1. The molecule has 0 radical (unpaired) electrons. The molecule has 5 fully saturated rings. The number of piperazine rings is 1. The number of hydrogen-bond acceptors (Lipinski definition) is 11. The molecule has 0 bridgehead atoms. The van der Waals surface area contributed by atoms with Crippen molar-refractivity contribution in [1.82, 2.24) is 70.9 Å². The van der Waals surface area contributed by atoms with Gasteiger partial charge in [0.15, 0.2) is 5.82 Å². The molecule has 20 nitrogen and oxygen atoms in total. The number of alkyl halides is 3. The molecule has 2 unspecified atom stereocenters. The largest absolute Gasteiger partial charge is 0.416 e. The van der Waals surface area contributed by atoms with Crippen molar-refractivity contribution in [1.29, 1.82) is 0 Å². The monoisotopic (exact) mass is 1500 g/mol. The van der Waals surface area contributed by atoms with Crippen molar-refractivity contribution < 1.29 is 36.3 Å². The summed E-state index contributed by atoms with van der Waals surface area (Å²) in [7, 11) is 3.82. The summed E-state index contributed by atoms with van der Waals surface area (Å²) >= 11 is 11.9. The van der Waals surface area contributed by atoms with Gasteiger partial charge in [0.25, 0.3) is 0 Å². The lowest BCUT2D eigenvalue weighted by atomic mass is 9.83. The zero-order chi connectivity index (χ0) is 74.5. The van der Waals surface area contributed by atoms with Crippen LogP contribution in [-0.2, 0) is 26.1 Å². The lowest BCUT2D eigenvalue weighted by molar-refractivity contribution is -0.137. The van der Waals surface area contributed by atoms with Crippen LogP contribution in [0, 0.1) is 41.9 Å². The number of benzene rings is 5. The molecule has 27 heteroatoms. The summed E-state index contributed by atoms with van der Waals surface area (Å²) in [6.07, 6.45) is 19.3. The van der Waals surface area contributed by atoms with Gasteiger partial charge in [0, 0.05) is 123 Å². The average molecular weight is 1500 g/mol. The zero-order valence-electron chi connectivity index (χ0n) is 60.1. The van der Waals surface area contributed by atoms with Crippen molar-refractivity contribution in [3.05, 3.63) is 207 Å². The van der Waals surface area contributed by atoms with Crippen molar-refractivity contribution in [2.75, 3.05) is 89.7 Å². The van der Waals surface area contributed by atoms with Crippen LogP contribution in [0.2, 0.25) is 10.0 Å². The molecule has 7 aromatic rings. The first-order valence-electron chi connectivity index (χ1n) is 37.0. The third-order valence-electron chi connectivity index (χ3n) is 21.1. The molecule has 6 aliphatic rings. The van der Waals surface area contributed by atoms with Crippen molar-refractivity contribution in [2.24, 2.45) is 30.7 Å². The van der Waals surface area contributed by atoms with Gasteiger partial charge >= 0.3 is 24.3 Å². The number of nitrogens with one attached hydrogen (secondary N) is 6. The summed E-state index contributed by atoms with van der Waals surface area (Å²) in [6, 6.07) is 32.1. The molecule has 3 aliphatic carbocycles. The number of urea groups is 3. The van der Waals surface area contributed by atoms with Crippen LogP contribution in [0.15, 0.2) is 152 Å². The van der Waals surface area contributed by atoms with Gasteiger partial charge in [-0.3, -0.25) is 9.58 Å². The number of likely N-dealkylation sites (tertiary alicyclic amines) is 2. The first-order valence-corrected chi connectivity index (χ1v) is 37.8. The first-order chi connectivity index (χ1) is 51.2. The summed E-state index contributed by atoms with van der Waals surface area (Å²) in [5.41, 5.74) is 5.77. The number of carbonyl (C=O) groups excluding carboxylic acids is 3. The maximum absolute atomic E-state index is 13.3. The summed E-state index contributed by atoms with van der Waals surface area (Å²) in [4.78, 5) is 51.4. The Morgan fingerprint density at radius 2 is 1.21 bits per heavy atom. The lowest BCUT2D eigenvalue weighted by Crippen LogP contribution is -2.52. The van der Waals surface area contributed by atoms with Gasteiger partial charge in [-0.05, 0) is 226 Å². The Morgan fingerprint density at radius 1 is 0.642 bits per heavy atom. The Bertz CT molecular complexity index is 4060. The Balaban J connectivity index is 0.000000160. The van der Waals surface area contributed by atoms with Gasteiger partial charge in [-0.1, -0.05) is 97.4 Å². The molecular weight excluding hydrogens is 1400 g/mol. The Hall–Kier alpha value is -8.77. The second-order valence-corrected chi connectivity index (χ2v) is 29.8. The van der Waals surface area contributed by atoms with E-state index in [0.29, 0.717) is 62.9 Å². The standard InChI is InChI=1S/C30H37FN6O.C28H36FN7O.C21H23Cl2F3N4O/c1-32-28-19-26(13-14-29(28)37-17-5-15-33-37)34-30(38)35-27-8-3-2-7-24(27)21-36-16-4-6-23(20-36)18-22-9-11-25(31)12-10-22;1-35-27(32-33-34-35)22-10-14-25(15-11-22)30-28(37)31-26-7-3-2-6-23(26)19-36-16-4-5-21(18-36)17-20-8-12-24(29)13-9-20;1-29-6-8-30(9-7-29)19(14-2-4-15(5-3-14)21(24,25)26)13-27-20(31)28-18-11-16(22)10-17(23)12-18/h5,9-12,14-15,17,19,23-24,26-27H,2-4,6-8,13,16,18,20-21H2,(H2,34,35,38);8-15,21,23,26H,2-7,16-19H2,1H3,(H2,30,31,37);2-5,10-12,19H,6-9,13H2,1H3,(H2,27,28,31)/t23-,24-,26?,27-;21-,23-,26+;/m00./s1. The van der Waals surface area contributed by atoms with E-state index in [2.05, 4.69) is 77.0 Å². The number of piperidine rings is 2. The van der Waals surface area contributed by atoms with Crippen molar-refractivity contribution >= 4 is 58.4 Å². The normalized spacial score (nSPS) is 22.1. The second-order valence-electron chi connectivity index (χ2n) is 28.9. The average Bonchev–Trinajstić information content (AvgIpc) is 0.925. The summed E-state index contributed by atoms with van der Waals surface area (Å²) in [5, 5.41) is 34.7. The molecule has 0 spiro atoms. The number of amides is 6. The van der Waals surface area contributed by atoms with Crippen LogP contribution in [0.25, 0.3) is 21.9 Å². The minimum atomic E-state index is -4.39. The van der Waals surface area contributed by atoms with Gasteiger partial charge in [-0.25, -0.2) is 32.7 Å². The van der Waals surface area contributed by atoms with E-state index in [0.717, 1.165) is 146 Å². The number of halogens is 7. The molecule has 6 N–H and O–H groups in total. The van der Waals surface area contributed by atoms with Gasteiger partial charge in [0.1, 0.15) is 11.6 Å². The van der Waals surface area contributed by atoms with E-state index >= 15 is 0 Å². The fourth-order valence-corrected chi connectivity index (χ4v) is 16.2. The number of tetrazole rings is 1. The topological polar surface area (TPSA) is 202 Å². The highest BCUT2D eigenvalue weighted by molar-refractivity contribution is 6.35. The Kier molecular flexibility index (Phi) is 28.2. The van der Waals surface area contributed by atoms with E-state index in [4.69, 9.17) is 29.8 Å². The Morgan fingerprint density at radius 3 is 1.75 bits per heavy atom. The molecule has 5 aromatic carbocycles. The number of hydrogen-bond donors (Lipinski definition) is 6. The number of carbonyl (C=O) groups is 3. The van der Waals surface area contributed by atoms with Crippen molar-refractivity contribution in [2.45, 2.75) is 127 Å². The quantitative estimate of drug-likeness (QED) is 0.0332. The summed E-state index contributed by atoms with van der Waals surface area (Å²) < 4.78 is 68.7. The van der Waals surface area contributed by atoms with Gasteiger partial charge in [0.05, 0.1) is 23.9 Å². The SMILES string of the molecule is CN1CCN(C(CNC(=O)Nc2cc(Cl)cc(Cl)c2)c2ccc(C(F)(F)F)cc2)CC1.Cn1nnnc1-c1ccc(NC(=O)N[C@@H]2CCCC[C@H]2CN2CCC[C@@H](Cc3ccc(F)cc3)C2)cc1.[C-]#[N+]C1=CC(NC(=O)N[C@H]2CCCC[C@H]2CN2CCC[C@@H](Cc3ccc(F)cc3)C2)CC=C1n1cccn1. The number of anilines is 2. The minimum Gasteiger partial charge on any atom is -0.336 e. The molecule has 106 heavy (non-hydrogen) atoms. The van der Waals surface area contributed by atoms with Crippen LogP contribution in [0.5, 0.6) is 0 Å². The Labute approximate surface area is 627 Å². The molecular formula is C79H96Cl2F5N17O3. The van der Waals surface area contributed by atoms with Gasteiger partial charge in [-0.15, -0.1) is 5.10 Å². The molecule has 564 valence electrons.